The van der Waals surface area contributed by atoms with E-state index in [1.165, 1.54) is 6.07 Å². The first-order chi connectivity index (χ1) is 14.6. The van der Waals surface area contributed by atoms with Crippen molar-refractivity contribution < 1.29 is 13.9 Å². The molecule has 0 spiro atoms. The van der Waals surface area contributed by atoms with Crippen LogP contribution in [0.15, 0.2) is 48.8 Å². The molecule has 4 rings (SSSR count). The van der Waals surface area contributed by atoms with Crippen molar-refractivity contribution in [1.29, 1.82) is 0 Å². The molecule has 1 aliphatic rings. The van der Waals surface area contributed by atoms with Crippen LogP contribution in [0, 0.1) is 12.7 Å². The third kappa shape index (κ3) is 4.74. The van der Waals surface area contributed by atoms with Crippen molar-refractivity contribution in [3.05, 3.63) is 71.4 Å². The van der Waals surface area contributed by atoms with Gasteiger partial charge in [0, 0.05) is 24.7 Å². The number of nitrogens with zero attached hydrogens (tertiary/aromatic N) is 3. The molecule has 7 heteroatoms. The molecule has 0 aliphatic carbocycles. The predicted octanol–water partition coefficient (Wildman–Crippen LogP) is 3.84. The molecule has 0 saturated carbocycles. The Kier molecular flexibility index (Phi) is 6.18. The molecule has 0 radical (unpaired) electrons. The summed E-state index contributed by atoms with van der Waals surface area (Å²) in [5.41, 5.74) is 4.24. The molecule has 0 bridgehead atoms. The van der Waals surface area contributed by atoms with Gasteiger partial charge in [-0.05, 0) is 49.1 Å². The molecule has 3 heterocycles. The summed E-state index contributed by atoms with van der Waals surface area (Å²) in [7, 11) is 0. The molecule has 1 atom stereocenters. The molecule has 1 unspecified atom stereocenters. The Hall–Kier alpha value is -3.06. The monoisotopic (exact) mass is 408 g/mol. The zero-order valence-electron chi connectivity index (χ0n) is 17.0. The van der Waals surface area contributed by atoms with Gasteiger partial charge in [-0.2, -0.15) is 5.10 Å². The van der Waals surface area contributed by atoms with E-state index in [9.17, 15) is 9.18 Å². The van der Waals surface area contributed by atoms with E-state index >= 15 is 0 Å². The zero-order valence-corrected chi connectivity index (χ0v) is 17.0. The molecule has 156 valence electrons. The first kappa shape index (κ1) is 20.2. The number of aromatic amines is 1. The molecule has 6 nitrogen and oxygen atoms in total. The number of hydrogen-bond donors (Lipinski definition) is 1. The van der Waals surface area contributed by atoms with Crippen molar-refractivity contribution in [3.8, 4) is 11.3 Å². The lowest BCUT2D eigenvalue weighted by molar-refractivity contribution is -0.139. The molecule has 2 aromatic heterocycles. The molecule has 1 saturated heterocycles. The minimum Gasteiger partial charge on any atom is -0.368 e. The fraction of sp³-hybridized carbons (Fsp3) is 0.348. The Balaban J connectivity index is 1.34. The lowest BCUT2D eigenvalue weighted by Gasteiger charge is -2.33. The molecule has 3 aromatic rings. The molecular formula is C23H25FN4O2. The van der Waals surface area contributed by atoms with E-state index < -0.39 is 0 Å². The minimum absolute atomic E-state index is 0.119. The van der Waals surface area contributed by atoms with Gasteiger partial charge in [0.1, 0.15) is 11.9 Å². The highest BCUT2D eigenvalue weighted by atomic mass is 19.1. The van der Waals surface area contributed by atoms with Crippen molar-refractivity contribution in [3.63, 3.8) is 0 Å². The predicted molar refractivity (Wildman–Crippen MR) is 111 cm³/mol. The van der Waals surface area contributed by atoms with Gasteiger partial charge in [0.25, 0.3) is 0 Å². The van der Waals surface area contributed by atoms with Gasteiger partial charge in [-0.15, -0.1) is 0 Å². The van der Waals surface area contributed by atoms with E-state index in [0.717, 1.165) is 35.4 Å². The second kappa shape index (κ2) is 9.17. The number of halogens is 1. The summed E-state index contributed by atoms with van der Waals surface area (Å²) in [6.45, 7) is 3.33. The topological polar surface area (TPSA) is 71.1 Å². The lowest BCUT2D eigenvalue weighted by Crippen LogP contribution is -2.42. The van der Waals surface area contributed by atoms with E-state index in [2.05, 4.69) is 10.2 Å². The van der Waals surface area contributed by atoms with Crippen molar-refractivity contribution in [1.82, 2.24) is 20.1 Å². The van der Waals surface area contributed by atoms with E-state index in [0.29, 0.717) is 31.7 Å². The largest absolute Gasteiger partial charge is 0.368 e. The maximum absolute atomic E-state index is 13.4. The van der Waals surface area contributed by atoms with Crippen molar-refractivity contribution in [2.24, 2.45) is 0 Å². The number of carbonyl (C=O) groups is 1. The van der Waals surface area contributed by atoms with E-state index in [-0.39, 0.29) is 17.8 Å². The van der Waals surface area contributed by atoms with Gasteiger partial charge < -0.3 is 9.64 Å². The molecule has 1 aromatic carbocycles. The SMILES string of the molecule is Cc1cc(CCCC(=O)N2CCOC(c3cccc(-c4cn[nH]c4)n3)C2)ccc1F. The Labute approximate surface area is 175 Å². The van der Waals surface area contributed by atoms with E-state index in [4.69, 9.17) is 9.72 Å². The van der Waals surface area contributed by atoms with Crippen molar-refractivity contribution >= 4 is 5.91 Å². The van der Waals surface area contributed by atoms with Crippen LogP contribution < -0.4 is 0 Å². The van der Waals surface area contributed by atoms with Crippen LogP contribution in [0.3, 0.4) is 0 Å². The summed E-state index contributed by atoms with van der Waals surface area (Å²) >= 11 is 0. The summed E-state index contributed by atoms with van der Waals surface area (Å²) in [4.78, 5) is 19.3. The molecule has 30 heavy (non-hydrogen) atoms. The van der Waals surface area contributed by atoms with Crippen LogP contribution in [-0.4, -0.2) is 45.7 Å². The van der Waals surface area contributed by atoms with Gasteiger partial charge in [-0.25, -0.2) is 9.37 Å². The number of amides is 1. The standard InChI is InChI=1S/C23H25FN4O2/c1-16-12-17(8-9-19(16)24)4-2-7-23(29)28-10-11-30-22(15-28)21-6-3-5-20(27-21)18-13-25-26-14-18/h3,5-6,8-9,12-14,22H,2,4,7,10-11,15H2,1H3,(H,25,26). The van der Waals surface area contributed by atoms with Gasteiger partial charge in [0.2, 0.25) is 5.91 Å². The van der Waals surface area contributed by atoms with Crippen LogP contribution in [-0.2, 0) is 16.0 Å². The fourth-order valence-electron chi connectivity index (χ4n) is 3.70. The Bertz CT molecular complexity index is 1010. The quantitative estimate of drug-likeness (QED) is 0.673. The van der Waals surface area contributed by atoms with Gasteiger partial charge in [-0.3, -0.25) is 9.89 Å². The maximum Gasteiger partial charge on any atom is 0.222 e. The summed E-state index contributed by atoms with van der Waals surface area (Å²) in [5.74, 6) is -0.0762. The number of aromatic nitrogens is 3. The van der Waals surface area contributed by atoms with E-state index in [1.54, 1.807) is 25.4 Å². The number of morpholine rings is 1. The lowest BCUT2D eigenvalue weighted by atomic mass is 10.0. The number of nitrogens with one attached hydrogen (secondary N) is 1. The third-order valence-corrected chi connectivity index (χ3v) is 5.39. The average Bonchev–Trinajstić information content (AvgIpc) is 3.31. The normalized spacial score (nSPS) is 16.6. The molecule has 1 N–H and O–H groups in total. The fourth-order valence-corrected chi connectivity index (χ4v) is 3.70. The van der Waals surface area contributed by atoms with Crippen LogP contribution in [0.1, 0.15) is 35.8 Å². The second-order valence-electron chi connectivity index (χ2n) is 7.57. The summed E-state index contributed by atoms with van der Waals surface area (Å²) < 4.78 is 19.3. The highest BCUT2D eigenvalue weighted by Gasteiger charge is 2.26. The Morgan fingerprint density at radius 1 is 1.33 bits per heavy atom. The molecule has 1 amide bonds. The minimum atomic E-state index is -0.241. The van der Waals surface area contributed by atoms with Crippen LogP contribution in [0.2, 0.25) is 0 Å². The number of rotatable bonds is 6. The first-order valence-electron chi connectivity index (χ1n) is 10.2. The summed E-state index contributed by atoms with van der Waals surface area (Å²) in [6.07, 6.45) is 5.24. The van der Waals surface area contributed by atoms with Gasteiger partial charge in [0.15, 0.2) is 0 Å². The number of ether oxygens (including phenoxy) is 1. The highest BCUT2D eigenvalue weighted by molar-refractivity contribution is 5.76. The van der Waals surface area contributed by atoms with Crippen LogP contribution >= 0.6 is 0 Å². The van der Waals surface area contributed by atoms with Crippen LogP contribution in [0.25, 0.3) is 11.3 Å². The average molecular weight is 408 g/mol. The molecule has 1 aliphatic heterocycles. The molecule has 1 fully saturated rings. The summed E-state index contributed by atoms with van der Waals surface area (Å²) in [5, 5.41) is 6.76. The van der Waals surface area contributed by atoms with Gasteiger partial charge >= 0.3 is 0 Å². The smallest absolute Gasteiger partial charge is 0.222 e. The van der Waals surface area contributed by atoms with Crippen molar-refractivity contribution in [2.45, 2.75) is 32.3 Å². The molecular weight excluding hydrogens is 383 g/mol. The second-order valence-corrected chi connectivity index (χ2v) is 7.57. The Morgan fingerprint density at radius 3 is 3.03 bits per heavy atom. The number of hydrogen-bond acceptors (Lipinski definition) is 4. The third-order valence-electron chi connectivity index (χ3n) is 5.39. The number of aryl methyl sites for hydroxylation is 2. The van der Waals surface area contributed by atoms with Crippen molar-refractivity contribution in [2.75, 3.05) is 19.7 Å². The van der Waals surface area contributed by atoms with Crippen LogP contribution in [0.5, 0.6) is 0 Å². The van der Waals surface area contributed by atoms with Gasteiger partial charge in [-0.1, -0.05) is 18.2 Å². The first-order valence-corrected chi connectivity index (χ1v) is 10.2. The number of H-pyrrole nitrogens is 1. The number of benzene rings is 1. The van der Waals surface area contributed by atoms with E-state index in [1.807, 2.05) is 29.2 Å². The van der Waals surface area contributed by atoms with Gasteiger partial charge in [0.05, 0.1) is 30.7 Å². The Morgan fingerprint density at radius 2 is 2.23 bits per heavy atom. The maximum atomic E-state index is 13.4. The summed E-state index contributed by atoms with van der Waals surface area (Å²) in [6, 6.07) is 10.9. The highest BCUT2D eigenvalue weighted by Crippen LogP contribution is 2.24. The van der Waals surface area contributed by atoms with Crippen LogP contribution in [0.4, 0.5) is 4.39 Å². The zero-order chi connectivity index (χ0) is 20.9. The number of pyridine rings is 1. The number of carbonyl (C=O) groups excluding carboxylic acids is 1.